The third-order valence-electron chi connectivity index (χ3n) is 2.54. The summed E-state index contributed by atoms with van der Waals surface area (Å²) in [4.78, 5) is 22.5. The zero-order chi connectivity index (χ0) is 13.5. The summed E-state index contributed by atoms with van der Waals surface area (Å²) in [5, 5.41) is 11.3. The summed E-state index contributed by atoms with van der Waals surface area (Å²) >= 11 is 0. The van der Waals surface area contributed by atoms with Gasteiger partial charge in [0.1, 0.15) is 11.8 Å². The molecule has 0 aliphatic heterocycles. The number of rotatable bonds is 6. The van der Waals surface area contributed by atoms with E-state index in [-0.39, 0.29) is 12.3 Å². The number of carbonyl (C=O) groups is 2. The molecule has 0 saturated carbocycles. The van der Waals surface area contributed by atoms with Gasteiger partial charge >= 0.3 is 5.97 Å². The Hall–Kier alpha value is -2.04. The molecule has 98 valence electrons. The van der Waals surface area contributed by atoms with E-state index in [0.717, 1.165) is 5.56 Å². The van der Waals surface area contributed by atoms with Crippen LogP contribution in [-0.2, 0) is 16.0 Å². The number of nitrogens with one attached hydrogen (secondary N) is 1. The molecule has 0 spiro atoms. The van der Waals surface area contributed by atoms with Crippen LogP contribution in [0.15, 0.2) is 24.3 Å². The highest BCUT2D eigenvalue weighted by Gasteiger charge is 2.17. The lowest BCUT2D eigenvalue weighted by molar-refractivity contribution is -0.141. The van der Waals surface area contributed by atoms with Gasteiger partial charge in [-0.2, -0.15) is 0 Å². The van der Waals surface area contributed by atoms with Gasteiger partial charge < -0.3 is 15.2 Å². The molecule has 1 rings (SSSR count). The Kier molecular flexibility index (Phi) is 5.17. The van der Waals surface area contributed by atoms with Gasteiger partial charge in [0.25, 0.3) is 0 Å². The number of hydrogen-bond acceptors (Lipinski definition) is 3. The first-order valence-electron chi connectivity index (χ1n) is 5.72. The summed E-state index contributed by atoms with van der Waals surface area (Å²) in [6, 6.07) is 6.29. The van der Waals surface area contributed by atoms with Crippen molar-refractivity contribution in [3.05, 3.63) is 29.8 Å². The molecule has 1 aromatic carbocycles. The minimum Gasteiger partial charge on any atom is -0.497 e. The second-order valence-corrected chi connectivity index (χ2v) is 3.89. The van der Waals surface area contributed by atoms with Crippen LogP contribution < -0.4 is 10.1 Å². The van der Waals surface area contributed by atoms with Crippen molar-refractivity contribution in [3.63, 3.8) is 0 Å². The SMILES string of the molecule is CC[C@H](NC(=O)Cc1cccc(OC)c1)C(=O)O. The maximum Gasteiger partial charge on any atom is 0.326 e. The van der Waals surface area contributed by atoms with Crippen LogP contribution >= 0.6 is 0 Å². The van der Waals surface area contributed by atoms with E-state index in [1.54, 1.807) is 38.3 Å². The van der Waals surface area contributed by atoms with E-state index in [2.05, 4.69) is 5.32 Å². The van der Waals surface area contributed by atoms with Crippen molar-refractivity contribution in [2.75, 3.05) is 7.11 Å². The van der Waals surface area contributed by atoms with E-state index >= 15 is 0 Å². The molecular formula is C13H17NO4. The van der Waals surface area contributed by atoms with Gasteiger partial charge in [-0.1, -0.05) is 19.1 Å². The summed E-state index contributed by atoms with van der Waals surface area (Å²) in [5.41, 5.74) is 0.784. The van der Waals surface area contributed by atoms with E-state index in [9.17, 15) is 9.59 Å². The number of aliphatic carboxylic acids is 1. The van der Waals surface area contributed by atoms with Crippen LogP contribution in [0, 0.1) is 0 Å². The minimum absolute atomic E-state index is 0.140. The lowest BCUT2D eigenvalue weighted by Gasteiger charge is -2.12. The molecule has 0 fully saturated rings. The predicted molar refractivity (Wildman–Crippen MR) is 66.6 cm³/mol. The third-order valence-corrected chi connectivity index (χ3v) is 2.54. The standard InChI is InChI=1S/C13H17NO4/c1-3-11(13(16)17)14-12(15)8-9-5-4-6-10(7-9)18-2/h4-7,11H,3,8H2,1-2H3,(H,14,15)(H,16,17)/t11-/m0/s1. The highest BCUT2D eigenvalue weighted by Crippen LogP contribution is 2.12. The maximum absolute atomic E-state index is 11.7. The molecule has 0 heterocycles. The van der Waals surface area contributed by atoms with Crippen LogP contribution in [0.5, 0.6) is 5.75 Å². The van der Waals surface area contributed by atoms with Crippen molar-refractivity contribution < 1.29 is 19.4 Å². The van der Waals surface area contributed by atoms with Crippen LogP contribution in [-0.4, -0.2) is 30.1 Å². The fourth-order valence-electron chi connectivity index (χ4n) is 1.55. The average molecular weight is 251 g/mol. The van der Waals surface area contributed by atoms with Gasteiger partial charge in [0, 0.05) is 0 Å². The number of carboxylic acids is 1. The van der Waals surface area contributed by atoms with Crippen molar-refractivity contribution in [1.29, 1.82) is 0 Å². The number of carboxylic acid groups (broad SMARTS) is 1. The molecule has 1 aromatic rings. The summed E-state index contributed by atoms with van der Waals surface area (Å²) in [5.74, 6) is -0.653. The normalized spacial score (nSPS) is 11.7. The van der Waals surface area contributed by atoms with Gasteiger partial charge in [0.2, 0.25) is 5.91 Å². The lowest BCUT2D eigenvalue weighted by Crippen LogP contribution is -2.40. The third kappa shape index (κ3) is 4.08. The van der Waals surface area contributed by atoms with Crippen molar-refractivity contribution >= 4 is 11.9 Å². The number of methoxy groups -OCH3 is 1. The molecule has 0 saturated heterocycles. The molecule has 0 bridgehead atoms. The molecular weight excluding hydrogens is 234 g/mol. The lowest BCUT2D eigenvalue weighted by atomic mass is 10.1. The van der Waals surface area contributed by atoms with Crippen LogP contribution in [0.25, 0.3) is 0 Å². The molecule has 0 unspecified atom stereocenters. The Morgan fingerprint density at radius 2 is 2.17 bits per heavy atom. The fraction of sp³-hybridized carbons (Fsp3) is 0.385. The Labute approximate surface area is 106 Å². The first kappa shape index (κ1) is 14.0. The quantitative estimate of drug-likeness (QED) is 0.797. The Balaban J connectivity index is 2.61. The molecule has 2 N–H and O–H groups in total. The molecule has 5 heteroatoms. The molecule has 0 aliphatic rings. The molecule has 0 aromatic heterocycles. The van der Waals surface area contributed by atoms with E-state index in [4.69, 9.17) is 9.84 Å². The summed E-state index contributed by atoms with van der Waals surface area (Å²) in [6.07, 6.45) is 0.500. The number of benzene rings is 1. The number of hydrogen-bond donors (Lipinski definition) is 2. The predicted octanol–water partition coefficient (Wildman–Crippen LogP) is 1.22. The van der Waals surface area contributed by atoms with Crippen LogP contribution in [0.4, 0.5) is 0 Å². The van der Waals surface area contributed by atoms with Gasteiger partial charge in [0.15, 0.2) is 0 Å². The average Bonchev–Trinajstić information content (AvgIpc) is 2.35. The number of amides is 1. The second-order valence-electron chi connectivity index (χ2n) is 3.89. The Morgan fingerprint density at radius 3 is 2.72 bits per heavy atom. The van der Waals surface area contributed by atoms with Crippen LogP contribution in [0.3, 0.4) is 0 Å². The zero-order valence-electron chi connectivity index (χ0n) is 10.5. The van der Waals surface area contributed by atoms with Gasteiger partial charge in [0.05, 0.1) is 13.5 Å². The molecule has 18 heavy (non-hydrogen) atoms. The Bertz CT molecular complexity index is 431. The molecule has 0 radical (unpaired) electrons. The molecule has 1 amide bonds. The molecule has 5 nitrogen and oxygen atoms in total. The van der Waals surface area contributed by atoms with Crippen molar-refractivity contribution in [2.45, 2.75) is 25.8 Å². The van der Waals surface area contributed by atoms with Crippen LogP contribution in [0.2, 0.25) is 0 Å². The van der Waals surface area contributed by atoms with E-state index in [1.807, 2.05) is 0 Å². The van der Waals surface area contributed by atoms with Gasteiger partial charge in [-0.15, -0.1) is 0 Å². The fourth-order valence-corrected chi connectivity index (χ4v) is 1.55. The smallest absolute Gasteiger partial charge is 0.326 e. The van der Waals surface area contributed by atoms with E-state index < -0.39 is 12.0 Å². The first-order chi connectivity index (χ1) is 8.56. The van der Waals surface area contributed by atoms with Gasteiger partial charge in [-0.05, 0) is 24.1 Å². The Morgan fingerprint density at radius 1 is 1.44 bits per heavy atom. The van der Waals surface area contributed by atoms with E-state index in [1.165, 1.54) is 0 Å². The highest BCUT2D eigenvalue weighted by atomic mass is 16.5. The number of ether oxygens (including phenoxy) is 1. The van der Waals surface area contributed by atoms with Gasteiger partial charge in [-0.3, -0.25) is 4.79 Å². The van der Waals surface area contributed by atoms with Crippen LogP contribution in [0.1, 0.15) is 18.9 Å². The highest BCUT2D eigenvalue weighted by molar-refractivity contribution is 5.84. The largest absolute Gasteiger partial charge is 0.497 e. The topological polar surface area (TPSA) is 75.6 Å². The summed E-state index contributed by atoms with van der Waals surface area (Å²) in [6.45, 7) is 1.71. The summed E-state index contributed by atoms with van der Waals surface area (Å²) < 4.78 is 5.05. The van der Waals surface area contributed by atoms with Crippen molar-refractivity contribution in [2.24, 2.45) is 0 Å². The second kappa shape index (κ2) is 6.64. The molecule has 0 aliphatic carbocycles. The van der Waals surface area contributed by atoms with E-state index in [0.29, 0.717) is 12.2 Å². The van der Waals surface area contributed by atoms with Gasteiger partial charge in [-0.25, -0.2) is 4.79 Å². The minimum atomic E-state index is -1.02. The summed E-state index contributed by atoms with van der Waals surface area (Å²) in [7, 11) is 1.55. The maximum atomic E-state index is 11.7. The number of carbonyl (C=O) groups excluding carboxylic acids is 1. The monoisotopic (exact) mass is 251 g/mol. The first-order valence-corrected chi connectivity index (χ1v) is 5.72. The molecule has 1 atom stereocenters. The van der Waals surface area contributed by atoms with Crippen molar-refractivity contribution in [1.82, 2.24) is 5.32 Å². The zero-order valence-corrected chi connectivity index (χ0v) is 10.5. The van der Waals surface area contributed by atoms with Crippen molar-refractivity contribution in [3.8, 4) is 5.75 Å².